The highest BCUT2D eigenvalue weighted by molar-refractivity contribution is 5.90. The van der Waals surface area contributed by atoms with Crippen LogP contribution in [0.25, 0.3) is 22.8 Å². The normalized spacial score (nSPS) is 10.5. The number of aryl methyl sites for hydroxylation is 1. The summed E-state index contributed by atoms with van der Waals surface area (Å²) >= 11 is 0. The van der Waals surface area contributed by atoms with Gasteiger partial charge in [0.15, 0.2) is 5.82 Å². The average Bonchev–Trinajstić information content (AvgIpc) is 2.79. The minimum atomic E-state index is -0.140. The Labute approximate surface area is 168 Å². The molecule has 0 aromatic carbocycles. The van der Waals surface area contributed by atoms with Crippen LogP contribution in [-0.4, -0.2) is 30.8 Å². The zero-order valence-corrected chi connectivity index (χ0v) is 15.6. The summed E-state index contributed by atoms with van der Waals surface area (Å²) in [5.41, 5.74) is 2.99. The molecule has 4 rings (SSSR count). The van der Waals surface area contributed by atoms with E-state index in [0.29, 0.717) is 35.9 Å². The lowest BCUT2D eigenvalue weighted by Gasteiger charge is -2.09. The second-order valence-electron chi connectivity index (χ2n) is 6.29. The quantitative estimate of drug-likeness (QED) is 0.548. The standard InChI is InChI=1S/C22H18N6O/c29-21(10-9-17-7-1-3-12-24-17)27-20-14-19(16-6-5-11-23-15-16)26-22(28-20)18-8-2-4-13-25-18/h1-8,11-15H,9-10H2,(H,26,27,28,29). The van der Waals surface area contributed by atoms with Crippen LogP contribution in [0.1, 0.15) is 12.1 Å². The summed E-state index contributed by atoms with van der Waals surface area (Å²) in [6, 6.07) is 16.7. The van der Waals surface area contributed by atoms with Gasteiger partial charge in [0.05, 0.1) is 5.69 Å². The molecule has 0 saturated heterocycles. The number of carbonyl (C=O) groups is 1. The third kappa shape index (κ3) is 4.84. The molecule has 7 heteroatoms. The maximum Gasteiger partial charge on any atom is 0.225 e. The largest absolute Gasteiger partial charge is 0.311 e. The van der Waals surface area contributed by atoms with Crippen molar-refractivity contribution < 1.29 is 4.79 Å². The average molecular weight is 382 g/mol. The molecule has 142 valence electrons. The molecule has 29 heavy (non-hydrogen) atoms. The summed E-state index contributed by atoms with van der Waals surface area (Å²) in [5.74, 6) is 0.718. The fourth-order valence-corrected chi connectivity index (χ4v) is 2.78. The topological polar surface area (TPSA) is 93.6 Å². The molecule has 0 atom stereocenters. The van der Waals surface area contributed by atoms with E-state index in [9.17, 15) is 4.79 Å². The Kier molecular flexibility index (Phi) is 5.57. The van der Waals surface area contributed by atoms with Gasteiger partial charge in [0.1, 0.15) is 11.5 Å². The summed E-state index contributed by atoms with van der Waals surface area (Å²) in [5, 5.41) is 2.87. The fourth-order valence-electron chi connectivity index (χ4n) is 2.78. The molecule has 4 aromatic heterocycles. The number of anilines is 1. The molecular weight excluding hydrogens is 364 g/mol. The monoisotopic (exact) mass is 382 g/mol. The van der Waals surface area contributed by atoms with E-state index in [1.165, 1.54) is 0 Å². The Hall–Kier alpha value is -4.00. The van der Waals surface area contributed by atoms with E-state index in [4.69, 9.17) is 0 Å². The van der Waals surface area contributed by atoms with Crippen molar-refractivity contribution in [3.63, 3.8) is 0 Å². The van der Waals surface area contributed by atoms with E-state index in [2.05, 4.69) is 30.2 Å². The Morgan fingerprint density at radius 1 is 0.862 bits per heavy atom. The van der Waals surface area contributed by atoms with Gasteiger partial charge in [0.2, 0.25) is 5.91 Å². The van der Waals surface area contributed by atoms with Crippen LogP contribution in [0.3, 0.4) is 0 Å². The lowest BCUT2D eigenvalue weighted by Crippen LogP contribution is -2.14. The van der Waals surface area contributed by atoms with Crippen molar-refractivity contribution in [2.75, 3.05) is 5.32 Å². The molecule has 0 aliphatic heterocycles. The Bertz CT molecular complexity index is 1030. The van der Waals surface area contributed by atoms with Gasteiger partial charge in [-0.25, -0.2) is 9.97 Å². The molecule has 0 unspecified atom stereocenters. The summed E-state index contributed by atoms with van der Waals surface area (Å²) < 4.78 is 0. The van der Waals surface area contributed by atoms with E-state index >= 15 is 0 Å². The number of hydrogen-bond donors (Lipinski definition) is 1. The number of carbonyl (C=O) groups excluding carboxylic acids is 1. The molecule has 0 radical (unpaired) electrons. The predicted octanol–water partition coefficient (Wildman–Crippen LogP) is 3.57. The summed E-state index contributed by atoms with van der Waals surface area (Å²) in [7, 11) is 0. The maximum absolute atomic E-state index is 12.5. The van der Waals surface area contributed by atoms with Crippen LogP contribution in [0.15, 0.2) is 79.4 Å². The van der Waals surface area contributed by atoms with Gasteiger partial charge in [-0.15, -0.1) is 0 Å². The zero-order chi connectivity index (χ0) is 19.9. The molecule has 1 N–H and O–H groups in total. The van der Waals surface area contributed by atoms with Crippen LogP contribution < -0.4 is 5.32 Å². The van der Waals surface area contributed by atoms with Crippen molar-refractivity contribution in [1.82, 2.24) is 24.9 Å². The van der Waals surface area contributed by atoms with Crippen molar-refractivity contribution in [1.29, 1.82) is 0 Å². The number of aromatic nitrogens is 5. The van der Waals surface area contributed by atoms with Gasteiger partial charge in [0.25, 0.3) is 0 Å². The number of hydrogen-bond acceptors (Lipinski definition) is 6. The highest BCUT2D eigenvalue weighted by Crippen LogP contribution is 2.23. The molecule has 0 aliphatic rings. The van der Waals surface area contributed by atoms with Gasteiger partial charge in [-0.1, -0.05) is 12.1 Å². The third-order valence-corrected chi connectivity index (χ3v) is 4.18. The van der Waals surface area contributed by atoms with Crippen molar-refractivity contribution in [2.45, 2.75) is 12.8 Å². The SMILES string of the molecule is O=C(CCc1ccccn1)Nc1cc(-c2cccnc2)nc(-c2ccccn2)n1. The molecular formula is C22H18N6O. The smallest absolute Gasteiger partial charge is 0.225 e. The zero-order valence-electron chi connectivity index (χ0n) is 15.6. The highest BCUT2D eigenvalue weighted by Gasteiger charge is 2.12. The molecule has 0 spiro atoms. The molecule has 0 aliphatic carbocycles. The Balaban J connectivity index is 1.59. The molecule has 4 heterocycles. The fraction of sp³-hybridized carbons (Fsp3) is 0.0909. The summed E-state index contributed by atoms with van der Waals surface area (Å²) in [6.45, 7) is 0. The first-order chi connectivity index (χ1) is 14.3. The van der Waals surface area contributed by atoms with Gasteiger partial charge < -0.3 is 5.32 Å². The first kappa shape index (κ1) is 18.4. The van der Waals surface area contributed by atoms with Crippen LogP contribution in [0.2, 0.25) is 0 Å². The van der Waals surface area contributed by atoms with E-state index in [1.54, 1.807) is 30.9 Å². The molecule has 7 nitrogen and oxygen atoms in total. The Morgan fingerprint density at radius 3 is 2.45 bits per heavy atom. The minimum Gasteiger partial charge on any atom is -0.311 e. The molecule has 4 aromatic rings. The van der Waals surface area contributed by atoms with Gasteiger partial charge in [0, 0.05) is 48.5 Å². The molecule has 0 saturated carbocycles. The molecule has 0 bridgehead atoms. The van der Waals surface area contributed by atoms with Gasteiger partial charge in [-0.3, -0.25) is 19.7 Å². The number of nitrogens with one attached hydrogen (secondary N) is 1. The highest BCUT2D eigenvalue weighted by atomic mass is 16.1. The lowest BCUT2D eigenvalue weighted by atomic mass is 10.2. The van der Waals surface area contributed by atoms with Crippen molar-refractivity contribution in [2.24, 2.45) is 0 Å². The van der Waals surface area contributed by atoms with E-state index < -0.39 is 0 Å². The number of rotatable bonds is 6. The summed E-state index contributed by atoms with van der Waals surface area (Å²) in [6.07, 6.45) is 7.68. The van der Waals surface area contributed by atoms with Crippen LogP contribution in [0.5, 0.6) is 0 Å². The maximum atomic E-state index is 12.5. The second-order valence-corrected chi connectivity index (χ2v) is 6.29. The van der Waals surface area contributed by atoms with E-state index in [1.807, 2.05) is 48.5 Å². The van der Waals surface area contributed by atoms with Crippen molar-refractivity contribution in [3.8, 4) is 22.8 Å². The van der Waals surface area contributed by atoms with Crippen LogP contribution >= 0.6 is 0 Å². The van der Waals surface area contributed by atoms with E-state index in [-0.39, 0.29) is 5.91 Å². The van der Waals surface area contributed by atoms with Gasteiger partial charge >= 0.3 is 0 Å². The van der Waals surface area contributed by atoms with Crippen LogP contribution in [0, 0.1) is 0 Å². The second kappa shape index (κ2) is 8.79. The first-order valence-electron chi connectivity index (χ1n) is 9.18. The molecule has 1 amide bonds. The lowest BCUT2D eigenvalue weighted by molar-refractivity contribution is -0.116. The third-order valence-electron chi connectivity index (χ3n) is 4.18. The predicted molar refractivity (Wildman–Crippen MR) is 110 cm³/mol. The Morgan fingerprint density at radius 2 is 1.72 bits per heavy atom. The van der Waals surface area contributed by atoms with Crippen molar-refractivity contribution in [3.05, 3.63) is 85.1 Å². The summed E-state index contributed by atoms with van der Waals surface area (Å²) in [4.78, 5) is 34.2. The van der Waals surface area contributed by atoms with E-state index in [0.717, 1.165) is 11.3 Å². The number of nitrogens with zero attached hydrogens (tertiary/aromatic N) is 5. The first-order valence-corrected chi connectivity index (χ1v) is 9.18. The minimum absolute atomic E-state index is 0.140. The number of pyridine rings is 3. The van der Waals surface area contributed by atoms with Crippen LogP contribution in [0.4, 0.5) is 5.82 Å². The number of amides is 1. The van der Waals surface area contributed by atoms with Gasteiger partial charge in [-0.05, 0) is 42.8 Å². The molecule has 0 fully saturated rings. The van der Waals surface area contributed by atoms with Crippen molar-refractivity contribution >= 4 is 11.7 Å². The van der Waals surface area contributed by atoms with Crippen LogP contribution in [-0.2, 0) is 11.2 Å². The van der Waals surface area contributed by atoms with Gasteiger partial charge in [-0.2, -0.15) is 0 Å².